The van der Waals surface area contributed by atoms with Gasteiger partial charge in [-0.15, -0.1) is 0 Å². The predicted molar refractivity (Wildman–Crippen MR) is 67.4 cm³/mol. The van der Waals surface area contributed by atoms with Crippen LogP contribution >= 0.6 is 11.6 Å². The summed E-state index contributed by atoms with van der Waals surface area (Å²) in [5.74, 6) is 0.276. The molecule has 2 rings (SSSR count). The Kier molecular flexibility index (Phi) is 3.29. The fourth-order valence-corrected chi connectivity index (χ4v) is 1.92. The molecule has 0 radical (unpaired) electrons. The molecule has 0 amide bonds. The first kappa shape index (κ1) is 11.9. The molecular formula is C13H13ClN2O. The Balaban J connectivity index is 2.43. The maximum Gasteiger partial charge on any atom is 0.135 e. The van der Waals surface area contributed by atoms with Crippen LogP contribution in [0.1, 0.15) is 28.7 Å². The summed E-state index contributed by atoms with van der Waals surface area (Å²) in [5.41, 5.74) is 2.74. The Morgan fingerprint density at radius 2 is 2.18 bits per heavy atom. The van der Waals surface area contributed by atoms with Gasteiger partial charge >= 0.3 is 0 Å². The molecule has 1 heterocycles. The van der Waals surface area contributed by atoms with Crippen LogP contribution in [0.5, 0.6) is 0 Å². The standard InChI is InChI=1S/C13H13ClN2O/c1-8-9(2)16-13(15-8)12(7-17)10-4-3-5-11(14)6-10/h3-7,12H,1-2H3,(H,15,16). The maximum absolute atomic E-state index is 11.2. The van der Waals surface area contributed by atoms with Crippen molar-refractivity contribution in [3.63, 3.8) is 0 Å². The second kappa shape index (κ2) is 4.72. The van der Waals surface area contributed by atoms with Crippen LogP contribution in [0, 0.1) is 13.8 Å². The lowest BCUT2D eigenvalue weighted by Crippen LogP contribution is -2.04. The van der Waals surface area contributed by atoms with Crippen LogP contribution in [-0.4, -0.2) is 16.3 Å². The highest BCUT2D eigenvalue weighted by Crippen LogP contribution is 2.23. The summed E-state index contributed by atoms with van der Waals surface area (Å²) in [6.07, 6.45) is 0.878. The normalized spacial score (nSPS) is 12.4. The fraction of sp³-hybridized carbons (Fsp3) is 0.231. The topological polar surface area (TPSA) is 45.8 Å². The van der Waals surface area contributed by atoms with E-state index in [-0.39, 0.29) is 5.92 Å². The molecule has 0 saturated carbocycles. The summed E-state index contributed by atoms with van der Waals surface area (Å²) in [5, 5.41) is 0.620. The molecule has 0 bridgehead atoms. The van der Waals surface area contributed by atoms with Crippen molar-refractivity contribution in [2.75, 3.05) is 0 Å². The van der Waals surface area contributed by atoms with Gasteiger partial charge in [-0.05, 0) is 31.5 Å². The van der Waals surface area contributed by atoms with Crippen molar-refractivity contribution in [1.29, 1.82) is 0 Å². The molecule has 1 aromatic carbocycles. The molecule has 17 heavy (non-hydrogen) atoms. The van der Waals surface area contributed by atoms with E-state index in [1.807, 2.05) is 26.0 Å². The smallest absolute Gasteiger partial charge is 0.135 e. The van der Waals surface area contributed by atoms with E-state index in [4.69, 9.17) is 11.6 Å². The second-order valence-electron chi connectivity index (χ2n) is 4.00. The summed E-state index contributed by atoms with van der Waals surface area (Å²) in [6, 6.07) is 7.27. The van der Waals surface area contributed by atoms with Crippen molar-refractivity contribution >= 4 is 17.9 Å². The highest BCUT2D eigenvalue weighted by Gasteiger charge is 2.17. The molecule has 1 N–H and O–H groups in total. The first-order valence-electron chi connectivity index (χ1n) is 5.35. The molecule has 0 aliphatic rings. The highest BCUT2D eigenvalue weighted by molar-refractivity contribution is 6.30. The van der Waals surface area contributed by atoms with Gasteiger partial charge in [0.2, 0.25) is 0 Å². The van der Waals surface area contributed by atoms with Gasteiger partial charge < -0.3 is 9.78 Å². The number of imidazole rings is 1. The molecule has 0 aliphatic heterocycles. The van der Waals surface area contributed by atoms with E-state index in [1.54, 1.807) is 12.1 Å². The zero-order valence-electron chi connectivity index (χ0n) is 9.70. The van der Waals surface area contributed by atoms with Crippen LogP contribution in [-0.2, 0) is 4.79 Å². The first-order valence-corrected chi connectivity index (χ1v) is 5.73. The van der Waals surface area contributed by atoms with Crippen molar-refractivity contribution in [2.45, 2.75) is 19.8 Å². The molecular weight excluding hydrogens is 236 g/mol. The largest absolute Gasteiger partial charge is 0.345 e. The summed E-state index contributed by atoms with van der Waals surface area (Å²) >= 11 is 5.92. The number of nitrogens with zero attached hydrogens (tertiary/aromatic N) is 1. The number of rotatable bonds is 3. The van der Waals surface area contributed by atoms with E-state index >= 15 is 0 Å². The van der Waals surface area contributed by atoms with Crippen LogP contribution in [0.4, 0.5) is 0 Å². The molecule has 4 heteroatoms. The van der Waals surface area contributed by atoms with Crippen molar-refractivity contribution in [3.8, 4) is 0 Å². The Hall–Kier alpha value is -1.61. The van der Waals surface area contributed by atoms with Crippen LogP contribution in [0.25, 0.3) is 0 Å². The molecule has 0 spiro atoms. The lowest BCUT2D eigenvalue weighted by molar-refractivity contribution is -0.108. The van der Waals surface area contributed by atoms with Gasteiger partial charge in [-0.1, -0.05) is 23.7 Å². The molecule has 1 unspecified atom stereocenters. The zero-order chi connectivity index (χ0) is 12.4. The van der Waals surface area contributed by atoms with E-state index in [0.29, 0.717) is 10.8 Å². The number of aldehydes is 1. The Labute approximate surface area is 105 Å². The molecule has 88 valence electrons. The number of hydrogen-bond donors (Lipinski definition) is 1. The number of nitrogens with one attached hydrogen (secondary N) is 1. The number of carbonyl (C=O) groups excluding carboxylic acids is 1. The maximum atomic E-state index is 11.2. The van der Waals surface area contributed by atoms with Gasteiger partial charge in [0.05, 0.1) is 11.6 Å². The number of aromatic nitrogens is 2. The van der Waals surface area contributed by atoms with Gasteiger partial charge in [0, 0.05) is 10.7 Å². The van der Waals surface area contributed by atoms with E-state index in [2.05, 4.69) is 9.97 Å². The van der Waals surface area contributed by atoms with Gasteiger partial charge in [0.1, 0.15) is 12.1 Å². The number of H-pyrrole nitrogens is 1. The van der Waals surface area contributed by atoms with Crippen LogP contribution in [0.3, 0.4) is 0 Å². The highest BCUT2D eigenvalue weighted by atomic mass is 35.5. The number of hydrogen-bond acceptors (Lipinski definition) is 2. The first-order chi connectivity index (χ1) is 8.11. The minimum atomic E-state index is -0.388. The lowest BCUT2D eigenvalue weighted by atomic mass is 10.0. The van der Waals surface area contributed by atoms with E-state index in [9.17, 15) is 4.79 Å². The Bertz CT molecular complexity index is 529. The van der Waals surface area contributed by atoms with E-state index in [0.717, 1.165) is 23.2 Å². The Morgan fingerprint density at radius 1 is 1.41 bits per heavy atom. The number of halogens is 1. The van der Waals surface area contributed by atoms with Crippen molar-refractivity contribution in [3.05, 3.63) is 52.1 Å². The van der Waals surface area contributed by atoms with Crippen molar-refractivity contribution < 1.29 is 4.79 Å². The monoisotopic (exact) mass is 248 g/mol. The fourth-order valence-electron chi connectivity index (χ4n) is 1.72. The average Bonchev–Trinajstić information content (AvgIpc) is 2.60. The summed E-state index contributed by atoms with van der Waals surface area (Å²) in [7, 11) is 0. The minimum absolute atomic E-state index is 0.388. The minimum Gasteiger partial charge on any atom is -0.345 e. The summed E-state index contributed by atoms with van der Waals surface area (Å²) < 4.78 is 0. The molecule has 0 saturated heterocycles. The number of benzene rings is 1. The van der Waals surface area contributed by atoms with Crippen LogP contribution in [0.2, 0.25) is 5.02 Å². The van der Waals surface area contributed by atoms with E-state index in [1.165, 1.54) is 0 Å². The quantitative estimate of drug-likeness (QED) is 0.849. The summed E-state index contributed by atoms with van der Waals surface area (Å²) in [4.78, 5) is 18.7. The predicted octanol–water partition coefficient (Wildman–Crippen LogP) is 3.01. The van der Waals surface area contributed by atoms with Crippen LogP contribution < -0.4 is 0 Å². The number of aromatic amines is 1. The second-order valence-corrected chi connectivity index (χ2v) is 4.44. The molecule has 2 aromatic rings. The van der Waals surface area contributed by atoms with Crippen molar-refractivity contribution in [1.82, 2.24) is 9.97 Å². The lowest BCUT2D eigenvalue weighted by Gasteiger charge is -2.07. The third-order valence-corrected chi connectivity index (χ3v) is 3.02. The van der Waals surface area contributed by atoms with Gasteiger partial charge in [-0.2, -0.15) is 0 Å². The van der Waals surface area contributed by atoms with E-state index < -0.39 is 0 Å². The van der Waals surface area contributed by atoms with Gasteiger partial charge in [0.25, 0.3) is 0 Å². The van der Waals surface area contributed by atoms with Gasteiger partial charge in [0.15, 0.2) is 0 Å². The molecule has 1 atom stereocenters. The van der Waals surface area contributed by atoms with Crippen molar-refractivity contribution in [2.24, 2.45) is 0 Å². The molecule has 0 aliphatic carbocycles. The van der Waals surface area contributed by atoms with Gasteiger partial charge in [-0.3, -0.25) is 0 Å². The summed E-state index contributed by atoms with van der Waals surface area (Å²) in [6.45, 7) is 3.85. The SMILES string of the molecule is Cc1nc(C(C=O)c2cccc(Cl)c2)[nH]c1C. The van der Waals surface area contributed by atoms with Gasteiger partial charge in [-0.25, -0.2) is 4.98 Å². The molecule has 1 aromatic heterocycles. The molecule has 3 nitrogen and oxygen atoms in total. The third kappa shape index (κ3) is 2.39. The molecule has 0 fully saturated rings. The number of aryl methyl sites for hydroxylation is 2. The third-order valence-electron chi connectivity index (χ3n) is 2.78. The zero-order valence-corrected chi connectivity index (χ0v) is 10.5. The number of carbonyl (C=O) groups is 1. The van der Waals surface area contributed by atoms with Crippen LogP contribution in [0.15, 0.2) is 24.3 Å². The average molecular weight is 249 g/mol. The Morgan fingerprint density at radius 3 is 2.71 bits per heavy atom.